The lowest BCUT2D eigenvalue weighted by Gasteiger charge is -2.23. The number of anilines is 1. The van der Waals surface area contributed by atoms with E-state index in [4.69, 9.17) is 4.74 Å². The van der Waals surface area contributed by atoms with Crippen LogP contribution in [0.5, 0.6) is 5.75 Å². The molecule has 1 unspecified atom stereocenters. The summed E-state index contributed by atoms with van der Waals surface area (Å²) in [6, 6.07) is 5.40. The Balaban J connectivity index is 1.46. The standard InChI is InChI=1S/C19H23N5O3/c1-11(12-3-4-17-16(5-12)23-18(25)10-27-17)22-19(26)15-8-20-7-14(15)13-6-21-24(2)9-13/h3-6,9,11,14-15,20H,7-8,10H2,1-2H3,(H,22,26)(H,23,25)/t11?,14-,15+/m1/s1. The van der Waals surface area contributed by atoms with E-state index in [0.717, 1.165) is 17.7 Å². The highest BCUT2D eigenvalue weighted by molar-refractivity contribution is 5.95. The molecule has 2 aliphatic heterocycles. The molecule has 2 aliphatic rings. The molecule has 27 heavy (non-hydrogen) atoms. The van der Waals surface area contributed by atoms with Crippen LogP contribution in [-0.4, -0.2) is 41.3 Å². The van der Waals surface area contributed by atoms with Crippen LogP contribution in [0.1, 0.15) is 30.0 Å². The average Bonchev–Trinajstić information content (AvgIpc) is 3.29. The lowest BCUT2D eigenvalue weighted by molar-refractivity contribution is -0.125. The lowest BCUT2D eigenvalue weighted by Crippen LogP contribution is -2.36. The van der Waals surface area contributed by atoms with E-state index in [9.17, 15) is 9.59 Å². The van der Waals surface area contributed by atoms with Crippen molar-refractivity contribution in [1.29, 1.82) is 0 Å². The Bertz CT molecular complexity index is 878. The van der Waals surface area contributed by atoms with E-state index >= 15 is 0 Å². The molecule has 0 spiro atoms. The molecule has 1 fully saturated rings. The molecule has 2 amide bonds. The van der Waals surface area contributed by atoms with Gasteiger partial charge < -0.3 is 20.7 Å². The molecule has 0 saturated carbocycles. The van der Waals surface area contributed by atoms with Gasteiger partial charge in [-0.15, -0.1) is 0 Å². The first-order valence-electron chi connectivity index (χ1n) is 9.07. The number of aryl methyl sites for hydroxylation is 1. The fraction of sp³-hybridized carbons (Fsp3) is 0.421. The quantitative estimate of drug-likeness (QED) is 0.745. The molecule has 0 radical (unpaired) electrons. The van der Waals surface area contributed by atoms with Crippen molar-refractivity contribution in [2.45, 2.75) is 18.9 Å². The Hall–Kier alpha value is -2.87. The molecule has 8 heteroatoms. The normalized spacial score (nSPS) is 22.5. The summed E-state index contributed by atoms with van der Waals surface area (Å²) in [4.78, 5) is 24.4. The molecule has 3 atom stereocenters. The zero-order valence-corrected chi connectivity index (χ0v) is 15.4. The van der Waals surface area contributed by atoms with E-state index < -0.39 is 0 Å². The van der Waals surface area contributed by atoms with Crippen molar-refractivity contribution in [3.63, 3.8) is 0 Å². The molecule has 2 aromatic rings. The van der Waals surface area contributed by atoms with E-state index in [1.807, 2.05) is 44.6 Å². The molecule has 1 aromatic carbocycles. The van der Waals surface area contributed by atoms with E-state index in [1.54, 1.807) is 4.68 Å². The van der Waals surface area contributed by atoms with Crippen LogP contribution >= 0.6 is 0 Å². The summed E-state index contributed by atoms with van der Waals surface area (Å²) in [7, 11) is 1.88. The van der Waals surface area contributed by atoms with Crippen molar-refractivity contribution < 1.29 is 14.3 Å². The molecule has 1 saturated heterocycles. The van der Waals surface area contributed by atoms with Gasteiger partial charge in [0.15, 0.2) is 6.61 Å². The predicted octanol–water partition coefficient (Wildman–Crippen LogP) is 0.931. The average molecular weight is 369 g/mol. The first kappa shape index (κ1) is 17.5. The summed E-state index contributed by atoms with van der Waals surface area (Å²) in [5.74, 6) is 0.458. The van der Waals surface area contributed by atoms with Gasteiger partial charge in [-0.05, 0) is 30.2 Å². The van der Waals surface area contributed by atoms with Crippen LogP contribution in [0.15, 0.2) is 30.6 Å². The Labute approximate surface area is 157 Å². The Kier molecular flexibility index (Phi) is 4.57. The first-order valence-corrected chi connectivity index (χ1v) is 9.07. The number of carbonyl (C=O) groups is 2. The molecule has 142 valence electrons. The summed E-state index contributed by atoms with van der Waals surface area (Å²) in [6.45, 7) is 3.38. The summed E-state index contributed by atoms with van der Waals surface area (Å²) in [5, 5.41) is 13.4. The maximum atomic E-state index is 12.9. The van der Waals surface area contributed by atoms with E-state index in [1.165, 1.54) is 0 Å². The molecule has 0 bridgehead atoms. The number of rotatable bonds is 4. The van der Waals surface area contributed by atoms with Gasteiger partial charge in [-0.3, -0.25) is 14.3 Å². The number of amides is 2. The van der Waals surface area contributed by atoms with Crippen LogP contribution in [0.2, 0.25) is 0 Å². The summed E-state index contributed by atoms with van der Waals surface area (Å²) in [5.41, 5.74) is 2.63. The number of hydrogen-bond acceptors (Lipinski definition) is 5. The van der Waals surface area contributed by atoms with Crippen LogP contribution in [0.3, 0.4) is 0 Å². The second-order valence-corrected chi connectivity index (χ2v) is 7.14. The number of benzene rings is 1. The third-order valence-electron chi connectivity index (χ3n) is 5.20. The maximum Gasteiger partial charge on any atom is 0.262 e. The molecular formula is C19H23N5O3. The maximum absolute atomic E-state index is 12.9. The zero-order valence-electron chi connectivity index (χ0n) is 15.4. The molecule has 3 heterocycles. The molecule has 8 nitrogen and oxygen atoms in total. The second kappa shape index (κ2) is 7.03. The van der Waals surface area contributed by atoms with Gasteiger partial charge in [-0.25, -0.2) is 0 Å². The molecule has 0 aliphatic carbocycles. The van der Waals surface area contributed by atoms with Gasteiger partial charge in [0.2, 0.25) is 5.91 Å². The Morgan fingerprint density at radius 3 is 3.04 bits per heavy atom. The number of carbonyl (C=O) groups excluding carboxylic acids is 2. The van der Waals surface area contributed by atoms with Crippen molar-refractivity contribution in [3.8, 4) is 5.75 Å². The topological polar surface area (TPSA) is 97.3 Å². The first-order chi connectivity index (χ1) is 13.0. The lowest BCUT2D eigenvalue weighted by atomic mass is 9.90. The number of nitrogens with zero attached hydrogens (tertiary/aromatic N) is 2. The van der Waals surface area contributed by atoms with Gasteiger partial charge in [0.1, 0.15) is 5.75 Å². The number of nitrogens with one attached hydrogen (secondary N) is 3. The Morgan fingerprint density at radius 2 is 2.26 bits per heavy atom. The second-order valence-electron chi connectivity index (χ2n) is 7.14. The minimum absolute atomic E-state index is 0.0133. The van der Waals surface area contributed by atoms with Crippen molar-refractivity contribution in [3.05, 3.63) is 41.7 Å². The van der Waals surface area contributed by atoms with Crippen LogP contribution in [0.4, 0.5) is 5.69 Å². The van der Waals surface area contributed by atoms with Gasteiger partial charge in [-0.1, -0.05) is 6.07 Å². The van der Waals surface area contributed by atoms with E-state index in [0.29, 0.717) is 18.0 Å². The number of fused-ring (bicyclic) bond motifs is 1. The number of ether oxygens (including phenoxy) is 1. The molecule has 4 rings (SSSR count). The van der Waals surface area contributed by atoms with Crippen molar-refractivity contribution in [2.24, 2.45) is 13.0 Å². The number of hydrogen-bond donors (Lipinski definition) is 3. The number of aromatic nitrogens is 2. The monoisotopic (exact) mass is 369 g/mol. The zero-order chi connectivity index (χ0) is 19.0. The molecule has 3 N–H and O–H groups in total. The van der Waals surface area contributed by atoms with Gasteiger partial charge in [-0.2, -0.15) is 5.10 Å². The van der Waals surface area contributed by atoms with E-state index in [2.05, 4.69) is 21.0 Å². The van der Waals surface area contributed by atoms with Gasteiger partial charge in [0.25, 0.3) is 5.91 Å². The highest BCUT2D eigenvalue weighted by Crippen LogP contribution is 2.32. The summed E-state index contributed by atoms with van der Waals surface area (Å²) >= 11 is 0. The SMILES string of the molecule is CC(NC(=O)[C@H]1CNC[C@@H]1c1cnn(C)c1)c1ccc2c(c1)NC(=O)CO2. The van der Waals surface area contributed by atoms with Crippen LogP contribution in [-0.2, 0) is 16.6 Å². The highest BCUT2D eigenvalue weighted by Gasteiger charge is 2.35. The third-order valence-corrected chi connectivity index (χ3v) is 5.20. The predicted molar refractivity (Wildman–Crippen MR) is 99.4 cm³/mol. The van der Waals surface area contributed by atoms with Crippen molar-refractivity contribution >= 4 is 17.5 Å². The third kappa shape index (κ3) is 3.52. The largest absolute Gasteiger partial charge is 0.482 e. The van der Waals surface area contributed by atoms with Crippen LogP contribution < -0.4 is 20.7 Å². The molecule has 1 aromatic heterocycles. The van der Waals surface area contributed by atoms with Gasteiger partial charge in [0, 0.05) is 32.3 Å². The van der Waals surface area contributed by atoms with Gasteiger partial charge in [0.05, 0.1) is 23.8 Å². The van der Waals surface area contributed by atoms with E-state index in [-0.39, 0.29) is 36.3 Å². The molecular weight excluding hydrogens is 346 g/mol. The van der Waals surface area contributed by atoms with Crippen LogP contribution in [0.25, 0.3) is 0 Å². The summed E-state index contributed by atoms with van der Waals surface area (Å²) < 4.78 is 7.14. The highest BCUT2D eigenvalue weighted by atomic mass is 16.5. The summed E-state index contributed by atoms with van der Waals surface area (Å²) in [6.07, 6.45) is 3.79. The minimum atomic E-state index is -0.184. The van der Waals surface area contributed by atoms with Crippen LogP contribution in [0, 0.1) is 5.92 Å². The van der Waals surface area contributed by atoms with Gasteiger partial charge >= 0.3 is 0 Å². The Morgan fingerprint density at radius 1 is 1.41 bits per heavy atom. The van der Waals surface area contributed by atoms with Crippen molar-refractivity contribution in [1.82, 2.24) is 20.4 Å². The smallest absolute Gasteiger partial charge is 0.262 e. The fourth-order valence-corrected chi connectivity index (χ4v) is 3.71. The fourth-order valence-electron chi connectivity index (χ4n) is 3.71. The van der Waals surface area contributed by atoms with Crippen molar-refractivity contribution in [2.75, 3.05) is 25.0 Å². The minimum Gasteiger partial charge on any atom is -0.482 e.